The molecule has 12 nitrogen and oxygen atoms in total. The topological polar surface area (TPSA) is 142 Å². The first-order valence-electron chi connectivity index (χ1n) is 18.5. The van der Waals surface area contributed by atoms with Gasteiger partial charge in [0, 0.05) is 79.9 Å². The van der Waals surface area contributed by atoms with Crippen molar-refractivity contribution >= 4 is 47.4 Å². The Morgan fingerprint density at radius 2 is 1.59 bits per heavy atom. The van der Waals surface area contributed by atoms with Gasteiger partial charge < -0.3 is 25.4 Å². The molecule has 6 rings (SSSR count). The van der Waals surface area contributed by atoms with Crippen LogP contribution in [0.1, 0.15) is 49.4 Å². The molecule has 3 heterocycles. The summed E-state index contributed by atoms with van der Waals surface area (Å²) in [7, 11) is 3.11. The number of ether oxygens (including phenoxy) is 2. The van der Waals surface area contributed by atoms with Crippen LogP contribution in [0, 0.1) is 0 Å². The molecule has 3 aromatic carbocycles. The molecule has 3 N–H and O–H groups in total. The Hall–Kier alpha value is -5.14. The Morgan fingerprint density at radius 3 is 2.25 bits per heavy atom. The Morgan fingerprint density at radius 1 is 0.911 bits per heavy atom. The molecule has 0 radical (unpaired) electrons. The van der Waals surface area contributed by atoms with Gasteiger partial charge in [0.2, 0.25) is 23.6 Å². The van der Waals surface area contributed by atoms with Crippen molar-refractivity contribution in [1.82, 2.24) is 30.8 Å². The van der Waals surface area contributed by atoms with Gasteiger partial charge in [-0.25, -0.2) is 9.98 Å². The highest BCUT2D eigenvalue weighted by Gasteiger charge is 2.25. The van der Waals surface area contributed by atoms with Gasteiger partial charge >= 0.3 is 0 Å². The van der Waals surface area contributed by atoms with E-state index in [0.717, 1.165) is 18.4 Å². The summed E-state index contributed by atoms with van der Waals surface area (Å²) >= 11 is 14.3. The lowest BCUT2D eigenvalue weighted by Crippen LogP contribution is -2.38. The van der Waals surface area contributed by atoms with Gasteiger partial charge in [0.05, 0.1) is 41.9 Å². The van der Waals surface area contributed by atoms with E-state index in [2.05, 4.69) is 44.7 Å². The summed E-state index contributed by atoms with van der Waals surface area (Å²) in [6.07, 6.45) is 4.35. The maximum Gasteiger partial charge on any atom is 0.237 e. The maximum absolute atomic E-state index is 12.0. The minimum absolute atomic E-state index is 0.0626. The van der Waals surface area contributed by atoms with E-state index in [1.165, 1.54) is 7.11 Å². The second kappa shape index (κ2) is 19.1. The van der Waals surface area contributed by atoms with Crippen molar-refractivity contribution in [3.63, 3.8) is 0 Å². The number of nitrogens with one attached hydrogen (secondary N) is 3. The van der Waals surface area contributed by atoms with Gasteiger partial charge in [-0.2, -0.15) is 0 Å². The zero-order valence-corrected chi connectivity index (χ0v) is 33.3. The molecule has 4 aromatic rings. The molecule has 1 aromatic heterocycles. The molecule has 0 aliphatic carbocycles. The molecule has 0 unspecified atom stereocenters. The maximum atomic E-state index is 12.0. The lowest BCUT2D eigenvalue weighted by molar-refractivity contribution is -0.120. The van der Waals surface area contributed by atoms with Crippen molar-refractivity contribution in [2.24, 2.45) is 9.98 Å². The van der Waals surface area contributed by atoms with Crippen LogP contribution < -0.4 is 20.7 Å². The fourth-order valence-electron chi connectivity index (χ4n) is 6.96. The van der Waals surface area contributed by atoms with Gasteiger partial charge in [-0.1, -0.05) is 89.9 Å². The number of amides is 2. The number of nitrogens with zero attached hydrogens (tertiary/aromatic N) is 5. The van der Waals surface area contributed by atoms with Crippen LogP contribution in [0.25, 0.3) is 22.4 Å². The molecule has 2 fully saturated rings. The number of carbonyl (C=O) groups is 2. The Kier molecular flexibility index (Phi) is 13.8. The number of carbonyl (C=O) groups excluding carboxylic acids is 2. The van der Waals surface area contributed by atoms with Crippen LogP contribution in [0.15, 0.2) is 94.5 Å². The summed E-state index contributed by atoms with van der Waals surface area (Å²) in [5, 5.41) is 10.2. The first kappa shape index (κ1) is 40.5. The number of aliphatic imine (C=N–C) groups is 2. The number of rotatable bonds is 17. The zero-order chi connectivity index (χ0) is 39.6. The highest BCUT2D eigenvalue weighted by molar-refractivity contribution is 6.39. The van der Waals surface area contributed by atoms with Gasteiger partial charge in [-0.3, -0.25) is 24.5 Å². The second-order valence-corrected chi connectivity index (χ2v) is 14.5. The van der Waals surface area contributed by atoms with Gasteiger partial charge in [-0.15, -0.1) is 0 Å². The smallest absolute Gasteiger partial charge is 0.237 e. The summed E-state index contributed by atoms with van der Waals surface area (Å²) < 4.78 is 11.4. The highest BCUT2D eigenvalue weighted by Crippen LogP contribution is 2.40. The molecule has 14 heteroatoms. The Bertz CT molecular complexity index is 2130. The zero-order valence-electron chi connectivity index (χ0n) is 31.8. The van der Waals surface area contributed by atoms with E-state index >= 15 is 0 Å². The molecule has 2 amide bonds. The van der Waals surface area contributed by atoms with Gasteiger partial charge in [0.1, 0.15) is 11.4 Å². The third-order valence-electron chi connectivity index (χ3n) is 9.81. The average molecular weight is 798 g/mol. The number of benzene rings is 3. The molecule has 0 spiro atoms. The number of aromatic nitrogens is 2. The molecular weight excluding hydrogens is 751 g/mol. The van der Waals surface area contributed by atoms with Crippen LogP contribution in [0.2, 0.25) is 10.0 Å². The molecule has 2 aliphatic rings. The van der Waals surface area contributed by atoms with E-state index in [1.54, 1.807) is 13.3 Å². The molecule has 2 saturated heterocycles. The van der Waals surface area contributed by atoms with Gasteiger partial charge in [0.25, 0.3) is 0 Å². The van der Waals surface area contributed by atoms with Gasteiger partial charge in [-0.05, 0) is 32.0 Å². The second-order valence-electron chi connectivity index (χ2n) is 13.7. The lowest BCUT2D eigenvalue weighted by atomic mass is 9.98. The average Bonchev–Trinajstić information content (AvgIpc) is 3.82. The Balaban J connectivity index is 1.23. The molecule has 292 valence electrons. The summed E-state index contributed by atoms with van der Waals surface area (Å²) in [5.74, 6) is 0.831. The van der Waals surface area contributed by atoms with Crippen LogP contribution in [0.5, 0.6) is 5.88 Å². The SMILES string of the molecule is C=N/C(CNC[C@@H]1CCC(=O)N1)=C(\N=C(/C)c1cccc(-c2cccc(-c3cnc(CN(Cc4ccccc4)C[C@@H]4CCC(=O)N4)c(OC)n3)c2Cl)c1Cl)OC. The van der Waals surface area contributed by atoms with Crippen molar-refractivity contribution in [2.45, 2.75) is 57.8 Å². The monoisotopic (exact) mass is 796 g/mol. The van der Waals surface area contributed by atoms with Crippen molar-refractivity contribution < 1.29 is 19.1 Å². The quantitative estimate of drug-likeness (QED) is 0.0802. The van der Waals surface area contributed by atoms with Crippen LogP contribution in [0.3, 0.4) is 0 Å². The normalized spacial score (nSPS) is 17.4. The van der Waals surface area contributed by atoms with E-state index in [0.29, 0.717) is 112 Å². The molecule has 56 heavy (non-hydrogen) atoms. The summed E-state index contributed by atoms with van der Waals surface area (Å²) in [4.78, 5) is 44.4. The molecule has 2 atom stereocenters. The summed E-state index contributed by atoms with van der Waals surface area (Å²) in [5.41, 5.74) is 6.27. The number of hydrogen-bond acceptors (Lipinski definition) is 10. The standard InChI is InChI=1S/C42H46Cl2N8O4/c1-26(48-41(55-3)35(45-2)21-46-20-28-16-18-37(53)49-28)30-12-8-13-31(39(30)43)32-14-9-15-33(40(32)44)34-22-47-36(42(51-34)56-4)25-52(23-27-10-6-5-7-11-27)24-29-17-19-38(54)50-29/h5-15,22,28-29,46H,2,16-21,23-25H2,1,3-4H3,(H,49,53)(H,50,54)/b41-35+,48-26+/t28-,29-/m0/s1. The van der Waals surface area contributed by atoms with Gasteiger partial charge in [0.15, 0.2) is 0 Å². The van der Waals surface area contributed by atoms with Crippen LogP contribution in [-0.4, -0.2) is 85.0 Å². The van der Waals surface area contributed by atoms with Crippen molar-refractivity contribution in [3.05, 3.63) is 111 Å². The molecule has 0 saturated carbocycles. The Labute approximate surface area is 337 Å². The fourth-order valence-corrected chi connectivity index (χ4v) is 7.64. The van der Waals surface area contributed by atoms with Crippen LogP contribution in [-0.2, 0) is 27.4 Å². The first-order valence-corrected chi connectivity index (χ1v) is 19.3. The highest BCUT2D eigenvalue weighted by atomic mass is 35.5. The van der Waals surface area contributed by atoms with E-state index in [9.17, 15) is 9.59 Å². The third kappa shape index (κ3) is 9.99. The summed E-state index contributed by atoms with van der Waals surface area (Å²) in [6, 6.07) is 21.7. The minimum atomic E-state index is 0.0626. The summed E-state index contributed by atoms with van der Waals surface area (Å²) in [6.45, 7) is 8.31. The largest absolute Gasteiger partial charge is 0.480 e. The van der Waals surface area contributed by atoms with E-state index in [-0.39, 0.29) is 23.9 Å². The predicted molar refractivity (Wildman–Crippen MR) is 221 cm³/mol. The number of hydrogen-bond donors (Lipinski definition) is 3. The van der Waals surface area contributed by atoms with Crippen molar-refractivity contribution in [3.8, 4) is 28.3 Å². The third-order valence-corrected chi connectivity index (χ3v) is 10.6. The van der Waals surface area contributed by atoms with E-state index in [4.69, 9.17) is 47.6 Å². The number of halogens is 2. The van der Waals surface area contributed by atoms with Crippen LogP contribution in [0.4, 0.5) is 0 Å². The van der Waals surface area contributed by atoms with Crippen molar-refractivity contribution in [1.29, 1.82) is 0 Å². The predicted octanol–water partition coefficient (Wildman–Crippen LogP) is 6.60. The molecule has 2 aliphatic heterocycles. The van der Waals surface area contributed by atoms with E-state index < -0.39 is 0 Å². The number of methoxy groups -OCH3 is 2. The fraction of sp³-hybridized carbons (Fsp3) is 0.333. The molecule has 0 bridgehead atoms. The minimum Gasteiger partial charge on any atom is -0.480 e. The molecular formula is C42H46Cl2N8O4. The van der Waals surface area contributed by atoms with Crippen LogP contribution >= 0.6 is 23.2 Å². The van der Waals surface area contributed by atoms with E-state index in [1.807, 2.05) is 61.5 Å². The first-order chi connectivity index (χ1) is 27.2. The lowest BCUT2D eigenvalue weighted by Gasteiger charge is -2.26. The van der Waals surface area contributed by atoms with Crippen molar-refractivity contribution in [2.75, 3.05) is 33.9 Å².